The number of nitrogens with zero attached hydrogens (tertiary/aromatic N) is 5. The molecule has 0 spiro atoms. The molecule has 0 aliphatic heterocycles. The van der Waals surface area contributed by atoms with Crippen LogP contribution in [-0.2, 0) is 0 Å². The molecule has 0 aliphatic carbocycles. The molecule has 0 N–H and O–H groups in total. The smallest absolute Gasteiger partial charge is 0.164 e. The van der Waals surface area contributed by atoms with Gasteiger partial charge in [-0.2, -0.15) is 0 Å². The van der Waals surface area contributed by atoms with Gasteiger partial charge < -0.3 is 0 Å². The summed E-state index contributed by atoms with van der Waals surface area (Å²) in [5.41, 5.74) is 9.37. The fraction of sp³-hybridized carbons (Fsp3) is 0. The Balaban J connectivity index is 1.16. The topological polar surface area (TPSA) is 56.0 Å². The molecule has 0 atom stereocenters. The Morgan fingerprint density at radius 3 is 1.51 bits per heavy atom. The Labute approximate surface area is 259 Å². The molecular formula is C40H25N5. The third-order valence-corrected chi connectivity index (χ3v) is 8.43. The lowest BCUT2D eigenvalue weighted by molar-refractivity contribution is 1.07. The van der Waals surface area contributed by atoms with Crippen LogP contribution in [0.3, 0.4) is 0 Å². The molecule has 210 valence electrons. The van der Waals surface area contributed by atoms with Crippen molar-refractivity contribution in [2.75, 3.05) is 0 Å². The average Bonchev–Trinajstić information content (AvgIpc) is 3.52. The third-order valence-electron chi connectivity index (χ3n) is 8.43. The summed E-state index contributed by atoms with van der Waals surface area (Å²) in [7, 11) is 0. The van der Waals surface area contributed by atoms with E-state index in [2.05, 4.69) is 89.3 Å². The van der Waals surface area contributed by atoms with Crippen molar-refractivity contribution in [3.63, 3.8) is 0 Å². The van der Waals surface area contributed by atoms with Crippen LogP contribution in [0.5, 0.6) is 0 Å². The van der Waals surface area contributed by atoms with Crippen LogP contribution in [0.2, 0.25) is 0 Å². The Hall–Kier alpha value is -6.20. The van der Waals surface area contributed by atoms with Gasteiger partial charge in [0, 0.05) is 27.5 Å². The van der Waals surface area contributed by atoms with E-state index in [1.54, 1.807) is 0 Å². The molecule has 0 aliphatic rings. The molecule has 0 unspecified atom stereocenters. The van der Waals surface area contributed by atoms with E-state index in [1.807, 2.05) is 66.7 Å². The van der Waals surface area contributed by atoms with Gasteiger partial charge in [-0.3, -0.25) is 4.40 Å². The minimum absolute atomic E-state index is 0.646. The second kappa shape index (κ2) is 10.2. The van der Waals surface area contributed by atoms with Crippen LogP contribution in [0, 0.1) is 0 Å². The second-order valence-electron chi connectivity index (χ2n) is 11.2. The molecule has 9 rings (SSSR count). The minimum atomic E-state index is 0.646. The number of hydrogen-bond donors (Lipinski definition) is 0. The zero-order chi connectivity index (χ0) is 29.7. The molecule has 6 aromatic carbocycles. The zero-order valence-electron chi connectivity index (χ0n) is 24.2. The van der Waals surface area contributed by atoms with E-state index in [0.29, 0.717) is 17.5 Å². The normalized spacial score (nSPS) is 11.6. The summed E-state index contributed by atoms with van der Waals surface area (Å²) in [6.07, 6.45) is 0. The SMILES string of the molecule is c1ccc(-c2nc(-c3ccccc3)nc(-c3ccc(-c4ccc5c(c4)c4ccccc4n4c6ccccc6nc54)cc3)n2)cc1. The number of para-hydroxylation sites is 3. The van der Waals surface area contributed by atoms with Crippen LogP contribution >= 0.6 is 0 Å². The van der Waals surface area contributed by atoms with Gasteiger partial charge in [0.05, 0.1) is 16.6 Å². The van der Waals surface area contributed by atoms with Gasteiger partial charge in [0.15, 0.2) is 17.5 Å². The van der Waals surface area contributed by atoms with Crippen LogP contribution in [0.25, 0.3) is 83.6 Å². The highest BCUT2D eigenvalue weighted by Crippen LogP contribution is 2.35. The second-order valence-corrected chi connectivity index (χ2v) is 11.2. The first-order chi connectivity index (χ1) is 22.3. The first-order valence-electron chi connectivity index (χ1n) is 15.0. The fourth-order valence-electron chi connectivity index (χ4n) is 6.24. The Kier molecular flexibility index (Phi) is 5.74. The van der Waals surface area contributed by atoms with Crippen molar-refractivity contribution in [2.45, 2.75) is 0 Å². The minimum Gasteiger partial charge on any atom is -0.292 e. The van der Waals surface area contributed by atoms with Crippen molar-refractivity contribution in [1.29, 1.82) is 0 Å². The number of rotatable bonds is 4. The highest BCUT2D eigenvalue weighted by molar-refractivity contribution is 6.14. The molecule has 5 heteroatoms. The Bertz CT molecular complexity index is 2460. The van der Waals surface area contributed by atoms with Crippen LogP contribution in [0.1, 0.15) is 0 Å². The van der Waals surface area contributed by atoms with Crippen LogP contribution < -0.4 is 0 Å². The van der Waals surface area contributed by atoms with E-state index < -0.39 is 0 Å². The maximum atomic E-state index is 5.04. The molecule has 45 heavy (non-hydrogen) atoms. The van der Waals surface area contributed by atoms with E-state index >= 15 is 0 Å². The molecule has 0 bridgehead atoms. The van der Waals surface area contributed by atoms with Gasteiger partial charge in [-0.1, -0.05) is 121 Å². The van der Waals surface area contributed by atoms with E-state index in [9.17, 15) is 0 Å². The standard InChI is InChI=1S/C40H25N5/c1-3-11-27(12-4-1)37-42-38(28-13-5-2-6-14-28)44-39(43-37)29-21-19-26(20-22-29)30-23-24-32-33(25-30)31-15-7-9-17-35(31)45-36-18-10-8-16-34(36)41-40(32)45/h1-25H. The quantitative estimate of drug-likeness (QED) is 0.196. The van der Waals surface area contributed by atoms with Gasteiger partial charge in [-0.25, -0.2) is 19.9 Å². The summed E-state index contributed by atoms with van der Waals surface area (Å²) in [5.74, 6) is 1.96. The molecule has 3 heterocycles. The van der Waals surface area contributed by atoms with Crippen molar-refractivity contribution in [3.8, 4) is 45.3 Å². The lowest BCUT2D eigenvalue weighted by Crippen LogP contribution is -2.00. The number of benzene rings is 6. The largest absolute Gasteiger partial charge is 0.292 e. The van der Waals surface area contributed by atoms with Crippen molar-refractivity contribution in [2.24, 2.45) is 0 Å². The van der Waals surface area contributed by atoms with Crippen molar-refractivity contribution < 1.29 is 0 Å². The Morgan fingerprint density at radius 1 is 0.333 bits per heavy atom. The maximum absolute atomic E-state index is 5.04. The fourth-order valence-corrected chi connectivity index (χ4v) is 6.24. The van der Waals surface area contributed by atoms with Crippen LogP contribution in [-0.4, -0.2) is 24.3 Å². The number of hydrogen-bond acceptors (Lipinski definition) is 4. The number of aromatic nitrogens is 5. The number of pyridine rings is 1. The molecule has 0 saturated carbocycles. The van der Waals surface area contributed by atoms with Gasteiger partial charge in [-0.15, -0.1) is 0 Å². The van der Waals surface area contributed by atoms with E-state index in [0.717, 1.165) is 55.4 Å². The predicted octanol–water partition coefficient (Wildman–Crippen LogP) is 9.65. The summed E-state index contributed by atoms with van der Waals surface area (Å²) >= 11 is 0. The van der Waals surface area contributed by atoms with E-state index in [4.69, 9.17) is 19.9 Å². The van der Waals surface area contributed by atoms with E-state index in [-0.39, 0.29) is 0 Å². The molecule has 0 saturated heterocycles. The van der Waals surface area contributed by atoms with Gasteiger partial charge in [0.25, 0.3) is 0 Å². The van der Waals surface area contributed by atoms with Gasteiger partial charge in [0.2, 0.25) is 0 Å². The molecule has 3 aromatic heterocycles. The molecule has 0 radical (unpaired) electrons. The highest BCUT2D eigenvalue weighted by atomic mass is 15.0. The lowest BCUT2D eigenvalue weighted by atomic mass is 9.98. The zero-order valence-corrected chi connectivity index (χ0v) is 24.2. The van der Waals surface area contributed by atoms with Crippen molar-refractivity contribution in [1.82, 2.24) is 24.3 Å². The van der Waals surface area contributed by atoms with E-state index in [1.165, 1.54) is 10.8 Å². The first-order valence-corrected chi connectivity index (χ1v) is 15.0. The molecule has 9 aromatic rings. The lowest BCUT2D eigenvalue weighted by Gasteiger charge is -2.11. The first kappa shape index (κ1) is 25.3. The van der Waals surface area contributed by atoms with Crippen LogP contribution in [0.4, 0.5) is 0 Å². The van der Waals surface area contributed by atoms with Gasteiger partial charge in [-0.05, 0) is 46.8 Å². The van der Waals surface area contributed by atoms with Gasteiger partial charge in [0.1, 0.15) is 5.65 Å². The van der Waals surface area contributed by atoms with Crippen LogP contribution in [0.15, 0.2) is 152 Å². The average molecular weight is 576 g/mol. The van der Waals surface area contributed by atoms with Gasteiger partial charge >= 0.3 is 0 Å². The summed E-state index contributed by atoms with van der Waals surface area (Å²) in [6.45, 7) is 0. The third kappa shape index (κ3) is 4.25. The predicted molar refractivity (Wildman–Crippen MR) is 183 cm³/mol. The number of imidazole rings is 1. The molecule has 0 amide bonds. The molecular weight excluding hydrogens is 550 g/mol. The summed E-state index contributed by atoms with van der Waals surface area (Å²) in [5, 5.41) is 3.53. The monoisotopic (exact) mass is 575 g/mol. The Morgan fingerprint density at radius 2 is 0.844 bits per heavy atom. The maximum Gasteiger partial charge on any atom is 0.164 e. The summed E-state index contributed by atoms with van der Waals surface area (Å²) in [4.78, 5) is 19.7. The molecule has 5 nitrogen and oxygen atoms in total. The summed E-state index contributed by atoms with van der Waals surface area (Å²) in [6, 6.07) is 52.2. The van der Waals surface area contributed by atoms with Crippen molar-refractivity contribution >= 4 is 38.4 Å². The molecule has 0 fully saturated rings. The summed E-state index contributed by atoms with van der Waals surface area (Å²) < 4.78 is 2.28. The number of fused-ring (bicyclic) bond motifs is 8. The highest BCUT2D eigenvalue weighted by Gasteiger charge is 2.15. The van der Waals surface area contributed by atoms with Crippen molar-refractivity contribution in [3.05, 3.63) is 152 Å².